The molecular weight excluding hydrogens is 406 g/mol. The van der Waals surface area contributed by atoms with Crippen LogP contribution in [0.15, 0.2) is 64.4 Å². The number of amides is 1. The molecule has 2 aromatic carbocycles. The Morgan fingerprint density at radius 1 is 1.14 bits per heavy atom. The van der Waals surface area contributed by atoms with E-state index in [0.29, 0.717) is 22.3 Å². The number of aryl methyl sites for hydroxylation is 2. The normalized spacial score (nSPS) is 11.9. The topological polar surface area (TPSA) is 64.0 Å². The Morgan fingerprint density at radius 3 is 2.55 bits per heavy atom. The second-order valence-electron chi connectivity index (χ2n) is 6.82. The van der Waals surface area contributed by atoms with Crippen LogP contribution in [0.4, 0.5) is 0 Å². The highest BCUT2D eigenvalue weighted by molar-refractivity contribution is 8.00. The molecule has 0 saturated carbocycles. The van der Waals surface area contributed by atoms with Gasteiger partial charge in [-0.25, -0.2) is 0 Å². The van der Waals surface area contributed by atoms with Crippen LogP contribution in [0.1, 0.15) is 23.6 Å². The van der Waals surface area contributed by atoms with Crippen molar-refractivity contribution < 1.29 is 4.79 Å². The van der Waals surface area contributed by atoms with Gasteiger partial charge in [0.2, 0.25) is 5.91 Å². The zero-order valence-corrected chi connectivity index (χ0v) is 18.1. The molecule has 5 nitrogen and oxygen atoms in total. The smallest absolute Gasteiger partial charge is 0.271 e. The number of nitrogens with zero attached hydrogens (tertiary/aromatic N) is 2. The third-order valence-electron chi connectivity index (χ3n) is 4.43. The van der Waals surface area contributed by atoms with Gasteiger partial charge in [-0.1, -0.05) is 59.3 Å². The lowest BCUT2D eigenvalue weighted by Gasteiger charge is -2.13. The van der Waals surface area contributed by atoms with Crippen LogP contribution in [0.5, 0.6) is 0 Å². The minimum atomic E-state index is -0.361. The fourth-order valence-electron chi connectivity index (χ4n) is 2.63. The van der Waals surface area contributed by atoms with E-state index < -0.39 is 0 Å². The van der Waals surface area contributed by atoms with Crippen LogP contribution in [-0.4, -0.2) is 20.9 Å². The Labute approximate surface area is 179 Å². The second kappa shape index (κ2) is 9.29. The molecule has 1 heterocycles. The molecule has 0 spiro atoms. The molecule has 0 saturated heterocycles. The van der Waals surface area contributed by atoms with Gasteiger partial charge >= 0.3 is 0 Å². The molecule has 0 aliphatic rings. The first kappa shape index (κ1) is 21.1. The van der Waals surface area contributed by atoms with E-state index in [1.165, 1.54) is 28.1 Å². The third kappa shape index (κ3) is 5.49. The number of rotatable bonds is 6. The molecule has 150 valence electrons. The van der Waals surface area contributed by atoms with Crippen molar-refractivity contribution in [3.05, 3.63) is 86.7 Å². The first-order valence-electron chi connectivity index (χ1n) is 9.20. The maximum atomic E-state index is 12.4. The number of hydrogen-bond donors (Lipinski definition) is 1. The standard InChI is InChI=1S/C22H22ClN3O2S/c1-14-4-7-17(8-5-14)13-24-22(28)16(3)29-20-10-11-21(27)26(25-20)18-9-6-15(2)19(23)12-18/h4-12,16H,13H2,1-3H3,(H,24,28)/t16-/m1/s1. The summed E-state index contributed by atoms with van der Waals surface area (Å²) in [4.78, 5) is 24.7. The third-order valence-corrected chi connectivity index (χ3v) is 5.86. The average molecular weight is 428 g/mol. The Bertz CT molecular complexity index is 1080. The van der Waals surface area contributed by atoms with E-state index in [-0.39, 0.29) is 16.7 Å². The van der Waals surface area contributed by atoms with Gasteiger partial charge in [0, 0.05) is 17.6 Å². The van der Waals surface area contributed by atoms with Gasteiger partial charge in [-0.3, -0.25) is 9.59 Å². The summed E-state index contributed by atoms with van der Waals surface area (Å²) >= 11 is 7.47. The highest BCUT2D eigenvalue weighted by Gasteiger charge is 2.16. The van der Waals surface area contributed by atoms with Crippen molar-refractivity contribution in [1.82, 2.24) is 15.1 Å². The summed E-state index contributed by atoms with van der Waals surface area (Å²) in [6.45, 7) is 6.21. The molecule has 0 aliphatic carbocycles. The van der Waals surface area contributed by atoms with Gasteiger partial charge in [0.05, 0.1) is 10.9 Å². The molecule has 0 radical (unpaired) electrons. The van der Waals surface area contributed by atoms with Crippen molar-refractivity contribution in [3.8, 4) is 5.69 Å². The molecule has 0 fully saturated rings. The molecule has 29 heavy (non-hydrogen) atoms. The summed E-state index contributed by atoms with van der Waals surface area (Å²) in [5.41, 5.74) is 3.48. The maximum Gasteiger partial charge on any atom is 0.271 e. The zero-order chi connectivity index (χ0) is 21.0. The lowest BCUT2D eigenvalue weighted by atomic mass is 10.1. The van der Waals surface area contributed by atoms with Crippen molar-refractivity contribution in [2.75, 3.05) is 0 Å². The quantitative estimate of drug-likeness (QED) is 0.595. The Hall–Kier alpha value is -2.57. The first-order chi connectivity index (χ1) is 13.8. The largest absolute Gasteiger partial charge is 0.351 e. The van der Waals surface area contributed by atoms with Crippen LogP contribution in [0.2, 0.25) is 5.02 Å². The van der Waals surface area contributed by atoms with Crippen molar-refractivity contribution in [2.24, 2.45) is 0 Å². The number of halogens is 1. The van der Waals surface area contributed by atoms with Gasteiger partial charge in [0.1, 0.15) is 5.03 Å². The number of carbonyl (C=O) groups excluding carboxylic acids is 1. The summed E-state index contributed by atoms with van der Waals surface area (Å²) in [6.07, 6.45) is 0. The molecule has 1 amide bonds. The van der Waals surface area contributed by atoms with Crippen LogP contribution in [0.25, 0.3) is 5.69 Å². The van der Waals surface area contributed by atoms with Crippen LogP contribution in [0, 0.1) is 13.8 Å². The second-order valence-corrected chi connectivity index (χ2v) is 8.59. The fraction of sp³-hybridized carbons (Fsp3) is 0.227. The van der Waals surface area contributed by atoms with E-state index in [9.17, 15) is 9.59 Å². The first-order valence-corrected chi connectivity index (χ1v) is 10.5. The van der Waals surface area contributed by atoms with E-state index in [0.717, 1.165) is 11.1 Å². The number of aromatic nitrogens is 2. The molecule has 1 N–H and O–H groups in total. The number of hydrogen-bond acceptors (Lipinski definition) is 4. The molecule has 0 unspecified atom stereocenters. The summed E-state index contributed by atoms with van der Waals surface area (Å²) < 4.78 is 1.30. The highest BCUT2D eigenvalue weighted by Crippen LogP contribution is 2.22. The number of carbonyl (C=O) groups is 1. The molecule has 3 aromatic rings. The molecular formula is C22H22ClN3O2S. The van der Waals surface area contributed by atoms with Gasteiger partial charge in [-0.2, -0.15) is 9.78 Å². The summed E-state index contributed by atoms with van der Waals surface area (Å²) in [6, 6.07) is 16.4. The molecule has 0 bridgehead atoms. The lowest BCUT2D eigenvalue weighted by molar-refractivity contribution is -0.120. The Morgan fingerprint density at radius 2 is 1.86 bits per heavy atom. The van der Waals surface area contributed by atoms with Gasteiger partial charge in [0.15, 0.2) is 0 Å². The minimum Gasteiger partial charge on any atom is -0.351 e. The predicted octanol–water partition coefficient (Wildman–Crippen LogP) is 4.30. The fourth-order valence-corrected chi connectivity index (χ4v) is 3.63. The molecule has 0 aliphatic heterocycles. The van der Waals surface area contributed by atoms with Crippen molar-refractivity contribution in [1.29, 1.82) is 0 Å². The van der Waals surface area contributed by atoms with Crippen molar-refractivity contribution in [3.63, 3.8) is 0 Å². The predicted molar refractivity (Wildman–Crippen MR) is 118 cm³/mol. The molecule has 3 rings (SSSR count). The number of nitrogens with one attached hydrogen (secondary N) is 1. The highest BCUT2D eigenvalue weighted by atomic mass is 35.5. The average Bonchev–Trinajstić information content (AvgIpc) is 2.71. The van der Waals surface area contributed by atoms with E-state index in [1.54, 1.807) is 18.2 Å². The van der Waals surface area contributed by atoms with Crippen LogP contribution in [-0.2, 0) is 11.3 Å². The van der Waals surface area contributed by atoms with Gasteiger partial charge in [0.25, 0.3) is 5.56 Å². The van der Waals surface area contributed by atoms with E-state index in [4.69, 9.17) is 11.6 Å². The Balaban J connectivity index is 1.69. The zero-order valence-electron chi connectivity index (χ0n) is 16.5. The summed E-state index contributed by atoms with van der Waals surface area (Å²) in [7, 11) is 0. The minimum absolute atomic E-state index is 0.0893. The van der Waals surface area contributed by atoms with E-state index in [1.807, 2.05) is 51.1 Å². The number of benzene rings is 2. The van der Waals surface area contributed by atoms with Gasteiger partial charge < -0.3 is 5.32 Å². The monoisotopic (exact) mass is 427 g/mol. The number of thioether (sulfide) groups is 1. The van der Waals surface area contributed by atoms with Crippen LogP contribution < -0.4 is 10.9 Å². The van der Waals surface area contributed by atoms with Crippen molar-refractivity contribution in [2.45, 2.75) is 37.6 Å². The summed E-state index contributed by atoms with van der Waals surface area (Å²) in [5, 5.41) is 8.12. The lowest BCUT2D eigenvalue weighted by Crippen LogP contribution is -2.30. The molecule has 1 atom stereocenters. The maximum absolute atomic E-state index is 12.4. The van der Waals surface area contributed by atoms with Crippen molar-refractivity contribution >= 4 is 29.3 Å². The molecule has 1 aromatic heterocycles. The van der Waals surface area contributed by atoms with E-state index >= 15 is 0 Å². The van der Waals surface area contributed by atoms with Gasteiger partial charge in [-0.15, -0.1) is 0 Å². The molecule has 7 heteroatoms. The van der Waals surface area contributed by atoms with Gasteiger partial charge in [-0.05, 0) is 50.1 Å². The Kier molecular flexibility index (Phi) is 6.77. The van der Waals surface area contributed by atoms with Crippen LogP contribution >= 0.6 is 23.4 Å². The summed E-state index contributed by atoms with van der Waals surface area (Å²) in [5.74, 6) is -0.0893. The SMILES string of the molecule is Cc1ccc(CNC(=O)[C@@H](C)Sc2ccc(=O)n(-c3ccc(C)c(Cl)c3)n2)cc1. The van der Waals surface area contributed by atoms with E-state index in [2.05, 4.69) is 10.4 Å². The van der Waals surface area contributed by atoms with Crippen LogP contribution in [0.3, 0.4) is 0 Å².